The fourth-order valence-electron chi connectivity index (χ4n) is 4.81. The summed E-state index contributed by atoms with van der Waals surface area (Å²) >= 11 is 7.34. The second kappa shape index (κ2) is 10.1. The molecule has 0 saturated heterocycles. The number of ether oxygens (including phenoxy) is 1. The average Bonchev–Trinajstić information content (AvgIpc) is 3.40. The topological polar surface area (TPSA) is 34.5 Å². The van der Waals surface area contributed by atoms with Crippen molar-refractivity contribution in [2.75, 3.05) is 24.6 Å². The van der Waals surface area contributed by atoms with Gasteiger partial charge < -0.3 is 14.2 Å². The third-order valence-electron chi connectivity index (χ3n) is 6.56. The summed E-state index contributed by atoms with van der Waals surface area (Å²) in [5.41, 5.74) is 3.61. The number of carbonyl (C=O) groups is 1. The van der Waals surface area contributed by atoms with Gasteiger partial charge in [-0.15, -0.1) is 0 Å². The molecule has 0 atom stereocenters. The zero-order chi connectivity index (χ0) is 25.4. The van der Waals surface area contributed by atoms with Gasteiger partial charge in [0, 0.05) is 46.2 Å². The van der Waals surface area contributed by atoms with Crippen molar-refractivity contribution in [3.63, 3.8) is 0 Å². The average molecular weight is 527 g/mol. The number of hydrogen-bond acceptors (Lipinski definition) is 4. The minimum absolute atomic E-state index is 0.0415. The lowest BCUT2D eigenvalue weighted by atomic mass is 10.2. The number of benzene rings is 3. The van der Waals surface area contributed by atoms with Gasteiger partial charge in [0.15, 0.2) is 11.6 Å². The number of hydrogen-bond donors (Lipinski definition) is 0. The first-order chi connectivity index (χ1) is 17.4. The van der Waals surface area contributed by atoms with Crippen molar-refractivity contribution in [3.05, 3.63) is 88.1 Å². The van der Waals surface area contributed by atoms with E-state index in [4.69, 9.17) is 16.3 Å². The molecule has 3 aromatic carbocycles. The number of fused-ring (bicyclic) bond motifs is 2. The molecular weight excluding hydrogens is 502 g/mol. The fourth-order valence-corrected chi connectivity index (χ4v) is 6.06. The molecule has 2 heterocycles. The Kier molecular flexibility index (Phi) is 6.95. The van der Waals surface area contributed by atoms with Crippen LogP contribution in [-0.4, -0.2) is 30.2 Å². The highest BCUT2D eigenvalue weighted by molar-refractivity contribution is 7.99. The zero-order valence-corrected chi connectivity index (χ0v) is 21.6. The summed E-state index contributed by atoms with van der Waals surface area (Å²) in [6.45, 7) is 5.88. The van der Waals surface area contributed by atoms with Gasteiger partial charge in [0.25, 0.3) is 0 Å². The van der Waals surface area contributed by atoms with E-state index in [9.17, 15) is 4.79 Å². The van der Waals surface area contributed by atoms with Gasteiger partial charge in [0.2, 0.25) is 0 Å². The highest BCUT2D eigenvalue weighted by Crippen LogP contribution is 2.42. The number of aromatic nitrogens is 1. The lowest BCUT2D eigenvalue weighted by molar-refractivity contribution is 0.0520. The monoisotopic (exact) mass is 526 g/mol. The summed E-state index contributed by atoms with van der Waals surface area (Å²) in [7, 11) is 0. The lowest BCUT2D eigenvalue weighted by Crippen LogP contribution is -2.25. The first-order valence-electron chi connectivity index (χ1n) is 11.8. The normalized spacial score (nSPS) is 12.9. The molecule has 8 heteroatoms. The Morgan fingerprint density at radius 3 is 2.67 bits per heavy atom. The second-order valence-corrected chi connectivity index (χ2v) is 10.1. The molecule has 1 aliphatic heterocycles. The maximum Gasteiger partial charge on any atom is 0.341 e. The van der Waals surface area contributed by atoms with Crippen molar-refractivity contribution in [1.82, 2.24) is 4.57 Å². The molecule has 0 fully saturated rings. The molecule has 0 unspecified atom stereocenters. The van der Waals surface area contributed by atoms with E-state index in [1.165, 1.54) is 35.1 Å². The first kappa shape index (κ1) is 24.7. The molecule has 186 valence electrons. The van der Waals surface area contributed by atoms with E-state index in [2.05, 4.69) is 17.0 Å². The summed E-state index contributed by atoms with van der Waals surface area (Å²) in [4.78, 5) is 15.5. The summed E-state index contributed by atoms with van der Waals surface area (Å²) in [6, 6.07) is 16.2. The van der Waals surface area contributed by atoms with Gasteiger partial charge in [0.05, 0.1) is 22.7 Å². The lowest BCUT2D eigenvalue weighted by Gasteiger charge is -2.21. The number of para-hydroxylation sites is 1. The van der Waals surface area contributed by atoms with Crippen LogP contribution in [0.4, 0.5) is 14.5 Å². The summed E-state index contributed by atoms with van der Waals surface area (Å²) in [5, 5.41) is 0.696. The maximum absolute atomic E-state index is 15.4. The smallest absolute Gasteiger partial charge is 0.341 e. The number of rotatable bonds is 7. The van der Waals surface area contributed by atoms with Crippen molar-refractivity contribution in [2.45, 2.75) is 36.6 Å². The Labute approximate surface area is 217 Å². The Morgan fingerprint density at radius 1 is 1.06 bits per heavy atom. The van der Waals surface area contributed by atoms with Crippen LogP contribution in [0, 0.1) is 18.6 Å². The molecule has 0 spiro atoms. The number of nitrogens with zero attached hydrogens (tertiary/aromatic N) is 2. The molecule has 4 nitrogen and oxygen atoms in total. The fraction of sp³-hybridized carbons (Fsp3) is 0.250. The summed E-state index contributed by atoms with van der Waals surface area (Å²) < 4.78 is 37.5. The van der Waals surface area contributed by atoms with Gasteiger partial charge in [-0.1, -0.05) is 47.6 Å². The van der Waals surface area contributed by atoms with Crippen LogP contribution < -0.4 is 4.90 Å². The maximum atomic E-state index is 15.4. The standard InChI is InChI=1S/C28H25ClF2N2O2S/c1-3-35-28(34)19-8-6-10-23(24(19)30)36-27-17(2)33(26-20(27)11-12-21(29)25(26)31)16-15-32-14-13-18-7-4-5-9-22(18)32/h4-12H,3,13-16H2,1-2H3. The van der Waals surface area contributed by atoms with Crippen LogP contribution in [0.1, 0.15) is 28.5 Å². The number of esters is 1. The van der Waals surface area contributed by atoms with E-state index in [0.29, 0.717) is 24.0 Å². The molecule has 0 radical (unpaired) electrons. The highest BCUT2D eigenvalue weighted by Gasteiger charge is 2.24. The Bertz CT molecular complexity index is 1470. The van der Waals surface area contributed by atoms with E-state index < -0.39 is 17.6 Å². The number of anilines is 1. The van der Waals surface area contributed by atoms with E-state index in [-0.39, 0.29) is 22.1 Å². The largest absolute Gasteiger partial charge is 0.462 e. The van der Waals surface area contributed by atoms with Crippen LogP contribution in [0.25, 0.3) is 10.9 Å². The molecule has 0 bridgehead atoms. The molecule has 0 saturated carbocycles. The summed E-state index contributed by atoms with van der Waals surface area (Å²) in [6.07, 6.45) is 0.985. The molecule has 5 rings (SSSR count). The van der Waals surface area contributed by atoms with Gasteiger partial charge in [-0.2, -0.15) is 0 Å². The third-order valence-corrected chi connectivity index (χ3v) is 8.11. The van der Waals surface area contributed by atoms with Crippen LogP contribution in [0.2, 0.25) is 5.02 Å². The van der Waals surface area contributed by atoms with Crippen molar-refractivity contribution in [3.8, 4) is 0 Å². The highest BCUT2D eigenvalue weighted by atomic mass is 35.5. The van der Waals surface area contributed by atoms with Gasteiger partial charge in [-0.25, -0.2) is 13.6 Å². The molecule has 0 amide bonds. The predicted octanol–water partition coefficient (Wildman–Crippen LogP) is 7.27. The first-order valence-corrected chi connectivity index (χ1v) is 13.0. The van der Waals surface area contributed by atoms with Crippen molar-refractivity contribution < 1.29 is 18.3 Å². The Balaban J connectivity index is 1.52. The van der Waals surface area contributed by atoms with E-state index in [0.717, 1.165) is 23.6 Å². The van der Waals surface area contributed by atoms with Gasteiger partial charge in [0.1, 0.15) is 0 Å². The molecule has 36 heavy (non-hydrogen) atoms. The minimum atomic E-state index is -0.708. The van der Waals surface area contributed by atoms with E-state index in [1.54, 1.807) is 25.1 Å². The molecular formula is C28H25ClF2N2O2S. The predicted molar refractivity (Wildman–Crippen MR) is 140 cm³/mol. The number of carbonyl (C=O) groups excluding carboxylic acids is 1. The Morgan fingerprint density at radius 2 is 1.86 bits per heavy atom. The van der Waals surface area contributed by atoms with Crippen LogP contribution in [-0.2, 0) is 17.7 Å². The van der Waals surface area contributed by atoms with Gasteiger partial charge >= 0.3 is 5.97 Å². The molecule has 4 aromatic rings. The number of halogens is 3. The second-order valence-electron chi connectivity index (χ2n) is 8.63. The van der Waals surface area contributed by atoms with Crippen LogP contribution in [0.5, 0.6) is 0 Å². The zero-order valence-electron chi connectivity index (χ0n) is 20.0. The summed E-state index contributed by atoms with van der Waals surface area (Å²) in [5.74, 6) is -1.85. The van der Waals surface area contributed by atoms with Gasteiger partial charge in [-0.05, 0) is 56.2 Å². The third kappa shape index (κ3) is 4.35. The van der Waals surface area contributed by atoms with E-state index in [1.807, 2.05) is 23.6 Å². The van der Waals surface area contributed by atoms with E-state index >= 15 is 8.78 Å². The SMILES string of the molecule is CCOC(=O)c1cccc(Sc2c(C)n(CCN3CCc4ccccc43)c3c(F)c(Cl)ccc23)c1F. The molecule has 0 N–H and O–H groups in total. The molecule has 0 aliphatic carbocycles. The van der Waals surface area contributed by atoms with Crippen LogP contribution >= 0.6 is 23.4 Å². The molecule has 1 aromatic heterocycles. The van der Waals surface area contributed by atoms with Gasteiger partial charge in [-0.3, -0.25) is 0 Å². The Hall–Kier alpha value is -3.03. The van der Waals surface area contributed by atoms with Crippen molar-refractivity contribution in [2.24, 2.45) is 0 Å². The van der Waals surface area contributed by atoms with Crippen molar-refractivity contribution in [1.29, 1.82) is 0 Å². The molecule has 1 aliphatic rings. The quantitative estimate of drug-likeness (QED) is 0.237. The van der Waals surface area contributed by atoms with Crippen LogP contribution in [0.3, 0.4) is 0 Å². The minimum Gasteiger partial charge on any atom is -0.462 e. The van der Waals surface area contributed by atoms with Crippen molar-refractivity contribution >= 4 is 45.9 Å². The van der Waals surface area contributed by atoms with Crippen LogP contribution in [0.15, 0.2) is 64.4 Å².